The van der Waals surface area contributed by atoms with Crippen LogP contribution in [0, 0.1) is 11.3 Å². The molecule has 0 aromatic heterocycles. The molecule has 0 radical (unpaired) electrons. The number of carbonyl (C=O) groups is 1. The summed E-state index contributed by atoms with van der Waals surface area (Å²) in [5, 5.41) is 9.17. The second-order valence-electron chi connectivity index (χ2n) is 8.40. The fourth-order valence-electron chi connectivity index (χ4n) is 4.57. The third-order valence-electron chi connectivity index (χ3n) is 6.45. The van der Waals surface area contributed by atoms with Crippen molar-refractivity contribution in [1.82, 2.24) is 0 Å². The number of nitriles is 1. The summed E-state index contributed by atoms with van der Waals surface area (Å²) in [5.74, 6) is 0.603. The zero-order valence-corrected chi connectivity index (χ0v) is 18.6. The molecule has 1 amide bonds. The fourth-order valence-corrected chi connectivity index (χ4v) is 5.04. The molecule has 2 aliphatic heterocycles. The average Bonchev–Trinajstić information content (AvgIpc) is 3.04. The molecule has 34 heavy (non-hydrogen) atoms. The van der Waals surface area contributed by atoms with Crippen LogP contribution in [-0.2, 0) is 11.0 Å². The van der Waals surface area contributed by atoms with E-state index in [2.05, 4.69) is 0 Å². The topological polar surface area (TPSA) is 91.8 Å². The predicted octanol–water partition coefficient (Wildman–Crippen LogP) is 3.74. The lowest BCUT2D eigenvalue weighted by atomic mass is 9.75. The molecular formula is C23H19F3N4O3S. The van der Waals surface area contributed by atoms with Gasteiger partial charge in [0.1, 0.15) is 18.2 Å². The Morgan fingerprint density at radius 2 is 1.91 bits per heavy atom. The summed E-state index contributed by atoms with van der Waals surface area (Å²) in [5.41, 5.74) is 3.59. The van der Waals surface area contributed by atoms with Crippen LogP contribution in [0.3, 0.4) is 0 Å². The lowest BCUT2D eigenvalue weighted by molar-refractivity contribution is -0.137. The molecule has 2 aromatic carbocycles. The number of benzene rings is 2. The fraction of sp³-hybridized carbons (Fsp3) is 0.348. The van der Waals surface area contributed by atoms with Crippen LogP contribution in [0.1, 0.15) is 30.4 Å². The number of amides is 1. The maximum absolute atomic E-state index is 13.6. The van der Waals surface area contributed by atoms with E-state index in [1.54, 1.807) is 29.2 Å². The predicted molar refractivity (Wildman–Crippen MR) is 121 cm³/mol. The maximum Gasteiger partial charge on any atom is 0.417 e. The Labute approximate surface area is 198 Å². The minimum Gasteiger partial charge on any atom is -0.486 e. The van der Waals surface area contributed by atoms with E-state index in [1.165, 1.54) is 6.07 Å². The van der Waals surface area contributed by atoms with Crippen LogP contribution in [0.25, 0.3) is 0 Å². The molecule has 2 aromatic rings. The van der Waals surface area contributed by atoms with Gasteiger partial charge in [-0.1, -0.05) is 0 Å². The molecule has 1 unspecified atom stereocenters. The Balaban J connectivity index is 1.55. The number of thiocarbonyl (C=S) groups is 1. The summed E-state index contributed by atoms with van der Waals surface area (Å²) in [7, 11) is 0. The van der Waals surface area contributed by atoms with Gasteiger partial charge in [0.05, 0.1) is 22.9 Å². The number of carbonyl (C=O) groups excluding carboxylic acids is 1. The van der Waals surface area contributed by atoms with Crippen molar-refractivity contribution in [3.8, 4) is 17.6 Å². The van der Waals surface area contributed by atoms with Gasteiger partial charge in [-0.25, -0.2) is 0 Å². The molecule has 3 aliphatic rings. The molecule has 1 aliphatic carbocycles. The van der Waals surface area contributed by atoms with Crippen molar-refractivity contribution < 1.29 is 27.4 Å². The van der Waals surface area contributed by atoms with Gasteiger partial charge >= 0.3 is 6.18 Å². The highest BCUT2D eigenvalue weighted by Gasteiger charge is 2.59. The summed E-state index contributed by atoms with van der Waals surface area (Å²) >= 11 is 5.64. The van der Waals surface area contributed by atoms with E-state index >= 15 is 0 Å². The van der Waals surface area contributed by atoms with Gasteiger partial charge in [0.15, 0.2) is 16.6 Å². The van der Waals surface area contributed by atoms with E-state index in [1.807, 2.05) is 0 Å². The second kappa shape index (κ2) is 7.85. The van der Waals surface area contributed by atoms with Crippen molar-refractivity contribution in [2.45, 2.75) is 37.1 Å². The van der Waals surface area contributed by atoms with Crippen LogP contribution in [-0.4, -0.2) is 35.8 Å². The van der Waals surface area contributed by atoms with Gasteiger partial charge in [0, 0.05) is 18.3 Å². The Morgan fingerprint density at radius 1 is 1.18 bits per heavy atom. The van der Waals surface area contributed by atoms with Gasteiger partial charge < -0.3 is 20.1 Å². The molecule has 1 spiro atoms. The zero-order chi connectivity index (χ0) is 24.3. The largest absolute Gasteiger partial charge is 0.486 e. The van der Waals surface area contributed by atoms with Crippen molar-refractivity contribution in [2.75, 3.05) is 23.0 Å². The normalized spacial score (nSPS) is 21.0. The van der Waals surface area contributed by atoms with Crippen molar-refractivity contribution in [3.63, 3.8) is 0 Å². The molecule has 5 rings (SSSR count). The van der Waals surface area contributed by atoms with Crippen molar-refractivity contribution in [2.24, 2.45) is 5.73 Å². The Bertz CT molecular complexity index is 1240. The van der Waals surface area contributed by atoms with Crippen LogP contribution >= 0.6 is 12.2 Å². The zero-order valence-electron chi connectivity index (χ0n) is 17.8. The van der Waals surface area contributed by atoms with E-state index in [9.17, 15) is 18.0 Å². The van der Waals surface area contributed by atoms with Gasteiger partial charge in [-0.15, -0.1) is 0 Å². The lowest BCUT2D eigenvalue weighted by Crippen LogP contribution is -2.55. The minimum atomic E-state index is -4.75. The SMILES string of the molecule is N#Cc1ccc(N2C(=O)C3(CCC3)N(c3ccc4c(c3)OCC(CN)O4)C2=S)cc1C(F)(F)F. The monoisotopic (exact) mass is 488 g/mol. The average molecular weight is 488 g/mol. The Kier molecular flexibility index (Phi) is 5.18. The molecule has 1 saturated carbocycles. The van der Waals surface area contributed by atoms with E-state index in [0.29, 0.717) is 36.6 Å². The number of nitrogens with zero attached hydrogens (tertiary/aromatic N) is 3. The molecule has 0 bridgehead atoms. The van der Waals surface area contributed by atoms with E-state index in [0.717, 1.165) is 23.5 Å². The number of halogens is 3. The molecule has 2 N–H and O–H groups in total. The highest BCUT2D eigenvalue weighted by Crippen LogP contribution is 2.49. The molecule has 2 fully saturated rings. The third kappa shape index (κ3) is 3.28. The van der Waals surface area contributed by atoms with Crippen molar-refractivity contribution >= 4 is 34.6 Å². The standard InChI is InChI=1S/C23H19F3N4O3S/c24-23(25,26)17-8-14(3-2-13(17)10-27)29-20(31)22(6-1-7-22)30(21(29)34)15-4-5-18-19(9-15)32-12-16(11-28)33-18/h2-5,8-9,16H,1,6-7,11-12,28H2. The molecule has 1 atom stereocenters. The minimum absolute atomic E-state index is 0.0292. The quantitative estimate of drug-likeness (QED) is 0.658. The van der Waals surface area contributed by atoms with Gasteiger partial charge in [0.25, 0.3) is 5.91 Å². The number of nitrogens with two attached hydrogens (primary N) is 1. The Morgan fingerprint density at radius 3 is 2.53 bits per heavy atom. The molecule has 2 heterocycles. The number of fused-ring (bicyclic) bond motifs is 1. The van der Waals surface area contributed by atoms with Crippen LogP contribution in [0.5, 0.6) is 11.5 Å². The molecule has 176 valence electrons. The van der Waals surface area contributed by atoms with Crippen LogP contribution in [0.2, 0.25) is 0 Å². The summed E-state index contributed by atoms with van der Waals surface area (Å²) in [6.45, 7) is 0.577. The van der Waals surface area contributed by atoms with Crippen LogP contribution in [0.4, 0.5) is 24.5 Å². The first-order chi connectivity index (χ1) is 16.2. The molecule has 7 nitrogen and oxygen atoms in total. The van der Waals surface area contributed by atoms with Gasteiger partial charge in [-0.2, -0.15) is 18.4 Å². The summed E-state index contributed by atoms with van der Waals surface area (Å²) in [4.78, 5) is 16.4. The molecule has 11 heteroatoms. The summed E-state index contributed by atoms with van der Waals surface area (Å²) < 4.78 is 52.2. The van der Waals surface area contributed by atoms with E-state index in [4.69, 9.17) is 32.7 Å². The number of anilines is 2. The lowest BCUT2D eigenvalue weighted by Gasteiger charge is -2.43. The molecule has 1 saturated heterocycles. The number of alkyl halides is 3. The first-order valence-corrected chi connectivity index (χ1v) is 11.0. The number of rotatable bonds is 3. The maximum atomic E-state index is 13.6. The van der Waals surface area contributed by atoms with Crippen LogP contribution < -0.4 is 25.0 Å². The van der Waals surface area contributed by atoms with Gasteiger partial charge in [-0.3, -0.25) is 9.69 Å². The first kappa shape index (κ1) is 22.4. The smallest absolute Gasteiger partial charge is 0.417 e. The molecular weight excluding hydrogens is 469 g/mol. The van der Waals surface area contributed by atoms with Gasteiger partial charge in [0.2, 0.25) is 0 Å². The van der Waals surface area contributed by atoms with Crippen molar-refractivity contribution in [1.29, 1.82) is 5.26 Å². The van der Waals surface area contributed by atoms with Gasteiger partial charge in [-0.05, 0) is 61.8 Å². The van der Waals surface area contributed by atoms with E-state index in [-0.39, 0.29) is 29.4 Å². The highest BCUT2D eigenvalue weighted by molar-refractivity contribution is 7.81. The Hall–Kier alpha value is -3.36. The highest BCUT2D eigenvalue weighted by atomic mass is 32.1. The van der Waals surface area contributed by atoms with E-state index < -0.39 is 22.8 Å². The third-order valence-corrected chi connectivity index (χ3v) is 6.81. The summed E-state index contributed by atoms with van der Waals surface area (Å²) in [6, 6.07) is 9.88. The number of ether oxygens (including phenoxy) is 2. The summed E-state index contributed by atoms with van der Waals surface area (Å²) in [6.07, 6.45) is -3.22. The van der Waals surface area contributed by atoms with Crippen molar-refractivity contribution in [3.05, 3.63) is 47.5 Å². The second-order valence-corrected chi connectivity index (χ2v) is 8.77. The number of hydrogen-bond donors (Lipinski definition) is 1. The number of hydrogen-bond acceptors (Lipinski definition) is 6. The van der Waals surface area contributed by atoms with Crippen LogP contribution in [0.15, 0.2) is 36.4 Å². The first-order valence-electron chi connectivity index (χ1n) is 10.6.